The summed E-state index contributed by atoms with van der Waals surface area (Å²) in [6, 6.07) is 14.5. The molecule has 0 saturated heterocycles. The van der Waals surface area contributed by atoms with E-state index in [1.165, 1.54) is 24.3 Å². The summed E-state index contributed by atoms with van der Waals surface area (Å²) in [5.74, 6) is -0.528. The number of anilines is 1. The van der Waals surface area contributed by atoms with Gasteiger partial charge in [0, 0.05) is 24.7 Å². The van der Waals surface area contributed by atoms with Crippen molar-refractivity contribution in [1.29, 1.82) is 0 Å². The summed E-state index contributed by atoms with van der Waals surface area (Å²) < 4.78 is 12.9. The zero-order valence-corrected chi connectivity index (χ0v) is 14.4. The quantitative estimate of drug-likeness (QED) is 0.723. The summed E-state index contributed by atoms with van der Waals surface area (Å²) >= 11 is 0. The van der Waals surface area contributed by atoms with Crippen LogP contribution < -0.4 is 10.6 Å². The van der Waals surface area contributed by atoms with Crippen molar-refractivity contribution in [2.75, 3.05) is 32.5 Å². The van der Waals surface area contributed by atoms with Crippen molar-refractivity contribution in [3.8, 4) is 0 Å². The second-order valence-electron chi connectivity index (χ2n) is 6.22. The maximum absolute atomic E-state index is 12.9. The van der Waals surface area contributed by atoms with E-state index < -0.39 is 12.1 Å². The molecular formula is C19H24FN3O2. The van der Waals surface area contributed by atoms with Crippen molar-refractivity contribution in [3.63, 3.8) is 0 Å². The van der Waals surface area contributed by atoms with Crippen LogP contribution in [-0.4, -0.2) is 43.2 Å². The fourth-order valence-corrected chi connectivity index (χ4v) is 2.60. The molecule has 25 heavy (non-hydrogen) atoms. The predicted molar refractivity (Wildman–Crippen MR) is 96.9 cm³/mol. The third kappa shape index (κ3) is 6.17. The normalized spacial score (nSPS) is 13.3. The molecule has 0 aliphatic carbocycles. The number of hydrogen-bond acceptors (Lipinski definition) is 3. The Bertz CT molecular complexity index is 662. The second-order valence-corrected chi connectivity index (χ2v) is 6.22. The molecule has 0 aliphatic rings. The number of urea groups is 1. The lowest BCUT2D eigenvalue weighted by Gasteiger charge is -2.26. The molecule has 2 amide bonds. The number of aliphatic hydroxyl groups is 1. The Morgan fingerprint density at radius 2 is 1.76 bits per heavy atom. The van der Waals surface area contributed by atoms with Gasteiger partial charge in [0.05, 0.1) is 6.10 Å². The van der Waals surface area contributed by atoms with E-state index in [4.69, 9.17) is 0 Å². The van der Waals surface area contributed by atoms with Gasteiger partial charge in [-0.3, -0.25) is 0 Å². The molecule has 2 aromatic carbocycles. The SMILES string of the molecule is CN(C)C[C@H](CNC(=O)Nc1ccc(F)cc1)[C@@H](O)c1ccccc1. The van der Waals surface area contributed by atoms with Gasteiger partial charge in [-0.1, -0.05) is 30.3 Å². The number of amides is 2. The molecule has 0 spiro atoms. The highest BCUT2D eigenvalue weighted by atomic mass is 19.1. The van der Waals surface area contributed by atoms with Gasteiger partial charge >= 0.3 is 6.03 Å². The summed E-state index contributed by atoms with van der Waals surface area (Å²) in [4.78, 5) is 14.0. The van der Waals surface area contributed by atoms with E-state index in [0.717, 1.165) is 5.56 Å². The van der Waals surface area contributed by atoms with Crippen LogP contribution in [0.2, 0.25) is 0 Å². The van der Waals surface area contributed by atoms with Crippen molar-refractivity contribution in [1.82, 2.24) is 10.2 Å². The number of nitrogens with one attached hydrogen (secondary N) is 2. The molecule has 3 N–H and O–H groups in total. The molecule has 0 radical (unpaired) electrons. The van der Waals surface area contributed by atoms with Gasteiger partial charge < -0.3 is 20.6 Å². The molecule has 134 valence electrons. The highest BCUT2D eigenvalue weighted by molar-refractivity contribution is 5.89. The fourth-order valence-electron chi connectivity index (χ4n) is 2.60. The van der Waals surface area contributed by atoms with Gasteiger partial charge in [0.15, 0.2) is 0 Å². The number of halogens is 1. The Hall–Kier alpha value is -2.44. The number of carbonyl (C=O) groups is 1. The van der Waals surface area contributed by atoms with E-state index in [0.29, 0.717) is 18.8 Å². The Morgan fingerprint density at radius 3 is 2.36 bits per heavy atom. The van der Waals surface area contributed by atoms with Gasteiger partial charge in [0.1, 0.15) is 5.82 Å². The average molecular weight is 345 g/mol. The van der Waals surface area contributed by atoms with Crippen LogP contribution in [-0.2, 0) is 0 Å². The third-order valence-electron chi connectivity index (χ3n) is 3.81. The van der Waals surface area contributed by atoms with Crippen molar-refractivity contribution in [2.45, 2.75) is 6.10 Å². The first kappa shape index (κ1) is 18.9. The summed E-state index contributed by atoms with van der Waals surface area (Å²) in [6.07, 6.45) is -0.685. The van der Waals surface area contributed by atoms with Gasteiger partial charge in [-0.25, -0.2) is 9.18 Å². The fraction of sp³-hybridized carbons (Fsp3) is 0.316. The van der Waals surface area contributed by atoms with E-state index in [2.05, 4.69) is 10.6 Å². The van der Waals surface area contributed by atoms with Crippen molar-refractivity contribution in [3.05, 3.63) is 66.0 Å². The minimum absolute atomic E-state index is 0.170. The molecular weight excluding hydrogens is 321 g/mol. The van der Waals surface area contributed by atoms with E-state index >= 15 is 0 Å². The van der Waals surface area contributed by atoms with Gasteiger partial charge in [-0.2, -0.15) is 0 Å². The Kier molecular flexibility index (Phi) is 6.91. The van der Waals surface area contributed by atoms with Crippen LogP contribution >= 0.6 is 0 Å². The lowest BCUT2D eigenvalue weighted by molar-refractivity contribution is 0.0911. The summed E-state index contributed by atoms with van der Waals surface area (Å²) in [5.41, 5.74) is 1.32. The van der Waals surface area contributed by atoms with Crippen LogP contribution in [0.15, 0.2) is 54.6 Å². The maximum Gasteiger partial charge on any atom is 0.319 e. The van der Waals surface area contributed by atoms with Gasteiger partial charge in [-0.05, 0) is 43.9 Å². The topological polar surface area (TPSA) is 64.6 Å². The highest BCUT2D eigenvalue weighted by Crippen LogP contribution is 2.22. The Balaban J connectivity index is 1.94. The van der Waals surface area contributed by atoms with Crippen molar-refractivity contribution >= 4 is 11.7 Å². The molecule has 0 fully saturated rings. The lowest BCUT2D eigenvalue weighted by Crippen LogP contribution is -2.39. The predicted octanol–water partition coefficient (Wildman–Crippen LogP) is 2.86. The van der Waals surface area contributed by atoms with Crippen LogP contribution in [0.5, 0.6) is 0 Å². The molecule has 0 bridgehead atoms. The largest absolute Gasteiger partial charge is 0.388 e. The first-order valence-corrected chi connectivity index (χ1v) is 8.14. The molecule has 0 aliphatic heterocycles. The number of aliphatic hydroxyl groups excluding tert-OH is 1. The molecule has 0 saturated carbocycles. The van der Waals surface area contributed by atoms with Crippen LogP contribution in [0.1, 0.15) is 11.7 Å². The number of carbonyl (C=O) groups excluding carboxylic acids is 1. The smallest absolute Gasteiger partial charge is 0.319 e. The molecule has 5 nitrogen and oxygen atoms in total. The zero-order chi connectivity index (χ0) is 18.2. The maximum atomic E-state index is 12.9. The number of benzene rings is 2. The minimum atomic E-state index is -0.685. The molecule has 2 atom stereocenters. The van der Waals surface area contributed by atoms with E-state index in [1.54, 1.807) is 0 Å². The minimum Gasteiger partial charge on any atom is -0.388 e. The Morgan fingerprint density at radius 1 is 1.12 bits per heavy atom. The first-order valence-electron chi connectivity index (χ1n) is 8.14. The summed E-state index contributed by atoms with van der Waals surface area (Å²) in [7, 11) is 3.84. The lowest BCUT2D eigenvalue weighted by atomic mass is 9.95. The number of hydrogen-bond donors (Lipinski definition) is 3. The van der Waals surface area contributed by atoms with Gasteiger partial charge in [0.25, 0.3) is 0 Å². The Labute approximate surface area is 147 Å². The zero-order valence-electron chi connectivity index (χ0n) is 14.4. The average Bonchev–Trinajstić information content (AvgIpc) is 2.60. The van der Waals surface area contributed by atoms with E-state index in [1.807, 2.05) is 49.3 Å². The standard InChI is InChI=1S/C19H24FN3O2/c1-23(2)13-15(18(24)14-6-4-3-5-7-14)12-21-19(25)22-17-10-8-16(20)9-11-17/h3-11,15,18,24H,12-13H2,1-2H3,(H2,21,22,25)/t15-,18-/m0/s1. The molecule has 2 rings (SSSR count). The molecule has 0 heterocycles. The first-order chi connectivity index (χ1) is 12.0. The van der Waals surface area contributed by atoms with Crippen molar-refractivity contribution < 1.29 is 14.3 Å². The van der Waals surface area contributed by atoms with Crippen LogP contribution in [0, 0.1) is 11.7 Å². The molecule has 2 aromatic rings. The molecule has 0 unspecified atom stereocenters. The molecule has 0 aromatic heterocycles. The van der Waals surface area contributed by atoms with Crippen LogP contribution in [0.3, 0.4) is 0 Å². The highest BCUT2D eigenvalue weighted by Gasteiger charge is 2.22. The number of rotatable bonds is 7. The van der Waals surface area contributed by atoms with Crippen LogP contribution in [0.4, 0.5) is 14.9 Å². The van der Waals surface area contributed by atoms with Gasteiger partial charge in [-0.15, -0.1) is 0 Å². The van der Waals surface area contributed by atoms with Gasteiger partial charge in [0.2, 0.25) is 0 Å². The number of nitrogens with zero attached hydrogens (tertiary/aromatic N) is 1. The van der Waals surface area contributed by atoms with Crippen LogP contribution in [0.25, 0.3) is 0 Å². The summed E-state index contributed by atoms with van der Waals surface area (Å²) in [6.45, 7) is 0.925. The second kappa shape index (κ2) is 9.15. The van der Waals surface area contributed by atoms with Crippen molar-refractivity contribution in [2.24, 2.45) is 5.92 Å². The van der Waals surface area contributed by atoms with E-state index in [9.17, 15) is 14.3 Å². The van der Waals surface area contributed by atoms with E-state index in [-0.39, 0.29) is 11.7 Å². The third-order valence-corrected chi connectivity index (χ3v) is 3.81. The molecule has 6 heteroatoms. The summed E-state index contributed by atoms with van der Waals surface area (Å²) in [5, 5.41) is 16.0. The monoisotopic (exact) mass is 345 g/mol.